The van der Waals surface area contributed by atoms with Crippen molar-refractivity contribution in [2.75, 3.05) is 7.05 Å². The van der Waals surface area contributed by atoms with E-state index < -0.39 is 0 Å². The first kappa shape index (κ1) is 17.6. The summed E-state index contributed by atoms with van der Waals surface area (Å²) in [6.07, 6.45) is 3.59. The second-order valence-corrected chi connectivity index (χ2v) is 6.71. The lowest BCUT2D eigenvalue weighted by Gasteiger charge is -2.16. The van der Waals surface area contributed by atoms with Gasteiger partial charge >= 0.3 is 6.03 Å². The van der Waals surface area contributed by atoms with Gasteiger partial charge < -0.3 is 14.6 Å². The molecule has 0 bridgehead atoms. The smallest absolute Gasteiger partial charge is 0.317 e. The fourth-order valence-corrected chi connectivity index (χ4v) is 2.71. The van der Waals surface area contributed by atoms with Crippen LogP contribution in [0, 0.1) is 0 Å². The summed E-state index contributed by atoms with van der Waals surface area (Å²) in [4.78, 5) is 13.7. The van der Waals surface area contributed by atoms with Crippen molar-refractivity contribution < 1.29 is 9.21 Å². The Hall–Kier alpha value is -2.25. The highest BCUT2D eigenvalue weighted by Gasteiger charge is 2.11. The average Bonchev–Trinajstić information content (AvgIpc) is 3.22. The number of halogens is 2. The number of hydrogen-bond acceptors (Lipinski definition) is 3. The van der Waals surface area contributed by atoms with E-state index in [4.69, 9.17) is 16.0 Å². The molecule has 6 nitrogen and oxygen atoms in total. The minimum Gasteiger partial charge on any atom is -0.452 e. The Bertz CT molecular complexity index is 860. The highest BCUT2D eigenvalue weighted by Crippen LogP contribution is 2.15. The molecule has 2 aromatic heterocycles. The predicted octanol–water partition coefficient (Wildman–Crippen LogP) is 4.22. The molecule has 1 N–H and O–H groups in total. The van der Waals surface area contributed by atoms with Gasteiger partial charge in [0.2, 0.25) is 0 Å². The zero-order chi connectivity index (χ0) is 17.8. The molecule has 8 heteroatoms. The van der Waals surface area contributed by atoms with Gasteiger partial charge in [-0.25, -0.2) is 9.48 Å². The van der Waals surface area contributed by atoms with E-state index in [1.165, 1.54) is 0 Å². The standard InChI is InChI=1S/C17H16BrClN4O2/c1-22(11-15-6-7-16(18)25-15)17(24)20-8-12-9-21-23(10-12)14-4-2-13(19)3-5-14/h2-7,9-10H,8,11H2,1H3,(H,20,24). The maximum absolute atomic E-state index is 12.2. The number of furan rings is 1. The Kier molecular flexibility index (Phi) is 5.45. The third-order valence-corrected chi connectivity index (χ3v) is 4.22. The largest absolute Gasteiger partial charge is 0.452 e. The first-order valence-electron chi connectivity index (χ1n) is 7.54. The highest BCUT2D eigenvalue weighted by atomic mass is 79.9. The molecule has 0 radical (unpaired) electrons. The van der Waals surface area contributed by atoms with Crippen LogP contribution in [-0.2, 0) is 13.1 Å². The van der Waals surface area contributed by atoms with Crippen molar-refractivity contribution in [2.45, 2.75) is 13.1 Å². The monoisotopic (exact) mass is 422 g/mol. The Morgan fingerprint density at radius 2 is 2.08 bits per heavy atom. The van der Waals surface area contributed by atoms with E-state index in [1.807, 2.05) is 36.5 Å². The third kappa shape index (κ3) is 4.64. The van der Waals surface area contributed by atoms with Crippen LogP contribution < -0.4 is 5.32 Å². The lowest BCUT2D eigenvalue weighted by atomic mass is 10.3. The maximum Gasteiger partial charge on any atom is 0.317 e. The van der Waals surface area contributed by atoms with Gasteiger partial charge in [-0.1, -0.05) is 11.6 Å². The SMILES string of the molecule is CN(Cc1ccc(Br)o1)C(=O)NCc1cnn(-c2ccc(Cl)cc2)c1. The molecular formula is C17H16BrClN4O2. The minimum atomic E-state index is -0.188. The molecule has 0 spiro atoms. The second kappa shape index (κ2) is 7.76. The van der Waals surface area contributed by atoms with Crippen LogP contribution in [0.25, 0.3) is 5.69 Å². The molecule has 3 aromatic rings. The van der Waals surface area contributed by atoms with E-state index in [9.17, 15) is 4.79 Å². The van der Waals surface area contributed by atoms with Gasteiger partial charge in [0, 0.05) is 30.4 Å². The second-order valence-electron chi connectivity index (χ2n) is 5.49. The van der Waals surface area contributed by atoms with Crippen LogP contribution in [0.15, 0.2) is 57.9 Å². The van der Waals surface area contributed by atoms with Gasteiger partial charge in [-0.2, -0.15) is 5.10 Å². The molecule has 0 aliphatic carbocycles. The topological polar surface area (TPSA) is 63.3 Å². The van der Waals surface area contributed by atoms with Gasteiger partial charge in [0.05, 0.1) is 18.4 Å². The summed E-state index contributed by atoms with van der Waals surface area (Å²) in [6.45, 7) is 0.778. The van der Waals surface area contributed by atoms with Crippen molar-refractivity contribution in [3.63, 3.8) is 0 Å². The molecule has 0 unspecified atom stereocenters. The van der Waals surface area contributed by atoms with E-state index in [0.29, 0.717) is 28.5 Å². The summed E-state index contributed by atoms with van der Waals surface area (Å²) in [5.41, 5.74) is 1.81. The molecule has 0 aliphatic rings. The molecule has 25 heavy (non-hydrogen) atoms. The molecule has 3 rings (SSSR count). The lowest BCUT2D eigenvalue weighted by Crippen LogP contribution is -2.36. The Morgan fingerprint density at radius 1 is 1.32 bits per heavy atom. The average molecular weight is 424 g/mol. The van der Waals surface area contributed by atoms with Crippen molar-refractivity contribution in [2.24, 2.45) is 0 Å². The molecule has 0 atom stereocenters. The van der Waals surface area contributed by atoms with Crippen molar-refractivity contribution in [3.05, 3.63) is 69.8 Å². The number of carbonyl (C=O) groups excluding carboxylic acids is 1. The molecule has 0 fully saturated rings. The number of urea groups is 1. The number of rotatable bonds is 5. The molecular weight excluding hydrogens is 408 g/mol. The van der Waals surface area contributed by atoms with Crippen LogP contribution >= 0.6 is 27.5 Å². The van der Waals surface area contributed by atoms with Crippen LogP contribution in [0.4, 0.5) is 4.79 Å². The normalized spacial score (nSPS) is 10.7. The summed E-state index contributed by atoms with van der Waals surface area (Å²) in [5, 5.41) is 7.83. The number of benzene rings is 1. The number of nitrogens with one attached hydrogen (secondary N) is 1. The van der Waals surface area contributed by atoms with Gasteiger partial charge in [0.15, 0.2) is 4.67 Å². The first-order valence-corrected chi connectivity index (χ1v) is 8.71. The first-order chi connectivity index (χ1) is 12.0. The zero-order valence-corrected chi connectivity index (χ0v) is 15.8. The number of aromatic nitrogens is 2. The van der Waals surface area contributed by atoms with Crippen LogP contribution in [0.5, 0.6) is 0 Å². The van der Waals surface area contributed by atoms with Gasteiger partial charge in [-0.15, -0.1) is 0 Å². The fourth-order valence-electron chi connectivity index (χ4n) is 2.24. The van der Waals surface area contributed by atoms with E-state index in [1.54, 1.807) is 28.9 Å². The van der Waals surface area contributed by atoms with Crippen LogP contribution in [0.3, 0.4) is 0 Å². The van der Waals surface area contributed by atoms with E-state index in [2.05, 4.69) is 26.3 Å². The van der Waals surface area contributed by atoms with E-state index in [-0.39, 0.29) is 6.03 Å². The van der Waals surface area contributed by atoms with Gasteiger partial charge in [0.1, 0.15) is 5.76 Å². The predicted molar refractivity (Wildman–Crippen MR) is 98.7 cm³/mol. The van der Waals surface area contributed by atoms with E-state index in [0.717, 1.165) is 11.3 Å². The van der Waals surface area contributed by atoms with Crippen molar-refractivity contribution in [1.82, 2.24) is 20.0 Å². The minimum absolute atomic E-state index is 0.188. The summed E-state index contributed by atoms with van der Waals surface area (Å²) in [6, 6.07) is 10.8. The van der Waals surface area contributed by atoms with Crippen molar-refractivity contribution in [1.29, 1.82) is 0 Å². The summed E-state index contributed by atoms with van der Waals surface area (Å²) < 4.78 is 7.78. The zero-order valence-electron chi connectivity index (χ0n) is 13.4. The lowest BCUT2D eigenvalue weighted by molar-refractivity contribution is 0.202. The summed E-state index contributed by atoms with van der Waals surface area (Å²) in [5.74, 6) is 0.708. The number of hydrogen-bond donors (Lipinski definition) is 1. The molecule has 0 saturated carbocycles. The highest BCUT2D eigenvalue weighted by molar-refractivity contribution is 9.10. The van der Waals surface area contributed by atoms with E-state index >= 15 is 0 Å². The van der Waals surface area contributed by atoms with Gasteiger partial charge in [-0.3, -0.25) is 0 Å². The van der Waals surface area contributed by atoms with Crippen LogP contribution in [0.2, 0.25) is 5.02 Å². The number of amides is 2. The number of carbonyl (C=O) groups is 1. The molecule has 0 saturated heterocycles. The number of nitrogens with zero attached hydrogens (tertiary/aromatic N) is 3. The molecule has 130 valence electrons. The van der Waals surface area contributed by atoms with Crippen molar-refractivity contribution >= 4 is 33.6 Å². The summed E-state index contributed by atoms with van der Waals surface area (Å²) >= 11 is 9.13. The van der Waals surface area contributed by atoms with Crippen molar-refractivity contribution in [3.8, 4) is 5.69 Å². The molecule has 2 amide bonds. The molecule has 2 heterocycles. The van der Waals surface area contributed by atoms with Crippen LogP contribution in [0.1, 0.15) is 11.3 Å². The molecule has 1 aromatic carbocycles. The Labute approximate surface area is 158 Å². The van der Waals surface area contributed by atoms with Crippen LogP contribution in [-0.4, -0.2) is 27.8 Å². The summed E-state index contributed by atoms with van der Waals surface area (Å²) in [7, 11) is 1.71. The van der Waals surface area contributed by atoms with Gasteiger partial charge in [0.25, 0.3) is 0 Å². The fraction of sp³-hybridized carbons (Fsp3) is 0.176. The third-order valence-electron chi connectivity index (χ3n) is 3.54. The molecule has 0 aliphatic heterocycles. The maximum atomic E-state index is 12.2. The Morgan fingerprint density at radius 3 is 2.76 bits per heavy atom. The van der Waals surface area contributed by atoms with Gasteiger partial charge in [-0.05, 0) is 52.3 Å². The quantitative estimate of drug-likeness (QED) is 0.668. The Balaban J connectivity index is 1.54.